The van der Waals surface area contributed by atoms with Crippen LogP contribution in [0, 0.1) is 0 Å². The minimum Gasteiger partial charge on any atom is -0.465 e. The zero-order chi connectivity index (χ0) is 21.6. The van der Waals surface area contributed by atoms with Crippen molar-refractivity contribution >= 4 is 29.8 Å². The molecule has 29 heavy (non-hydrogen) atoms. The molecule has 1 heterocycles. The van der Waals surface area contributed by atoms with E-state index in [9.17, 15) is 24.0 Å². The number of nitrogens with zero attached hydrogens (tertiary/aromatic N) is 1. The highest BCUT2D eigenvalue weighted by atomic mass is 16.5. The number of benzene rings is 1. The Morgan fingerprint density at radius 1 is 1.17 bits per heavy atom. The van der Waals surface area contributed by atoms with Crippen LogP contribution in [-0.2, 0) is 30.4 Å². The molecule has 0 saturated carbocycles. The predicted molar refractivity (Wildman–Crippen MR) is 99.5 cm³/mol. The van der Waals surface area contributed by atoms with Crippen LogP contribution >= 0.6 is 0 Å². The van der Waals surface area contributed by atoms with Gasteiger partial charge in [0, 0.05) is 6.54 Å². The van der Waals surface area contributed by atoms with E-state index in [1.165, 1.54) is 7.11 Å². The molecule has 2 rings (SSSR count). The maximum atomic E-state index is 12.2. The number of urea groups is 1. The first-order valence-electron chi connectivity index (χ1n) is 8.94. The molecule has 10 heteroatoms. The van der Waals surface area contributed by atoms with Gasteiger partial charge in [-0.2, -0.15) is 0 Å². The second-order valence-electron chi connectivity index (χ2n) is 6.63. The van der Waals surface area contributed by atoms with Crippen LogP contribution in [0.4, 0.5) is 4.79 Å². The molecule has 1 aliphatic rings. The van der Waals surface area contributed by atoms with Gasteiger partial charge in [-0.1, -0.05) is 19.1 Å². The zero-order valence-corrected chi connectivity index (χ0v) is 16.4. The van der Waals surface area contributed by atoms with Gasteiger partial charge in [-0.3, -0.25) is 19.3 Å². The Morgan fingerprint density at radius 2 is 1.83 bits per heavy atom. The van der Waals surface area contributed by atoms with Gasteiger partial charge in [0.05, 0.1) is 12.7 Å². The monoisotopic (exact) mass is 405 g/mol. The Bertz CT molecular complexity index is 822. The quantitative estimate of drug-likeness (QED) is 0.471. The molecule has 10 nitrogen and oxygen atoms in total. The highest BCUT2D eigenvalue weighted by molar-refractivity contribution is 6.08. The molecule has 0 bridgehead atoms. The lowest BCUT2D eigenvalue weighted by atomic mass is 9.99. The van der Waals surface area contributed by atoms with Crippen LogP contribution < -0.4 is 10.6 Å². The Kier molecular flexibility index (Phi) is 6.92. The maximum Gasteiger partial charge on any atom is 0.337 e. The molecule has 2 N–H and O–H groups in total. The third kappa shape index (κ3) is 5.31. The highest BCUT2D eigenvalue weighted by Gasteiger charge is 2.47. The fraction of sp³-hybridized carbons (Fsp3) is 0.421. The Labute approximate surface area is 167 Å². The number of amides is 4. The summed E-state index contributed by atoms with van der Waals surface area (Å²) in [4.78, 5) is 59.9. The minimum absolute atomic E-state index is 0.166. The van der Waals surface area contributed by atoms with Gasteiger partial charge in [0.1, 0.15) is 12.1 Å². The molecule has 1 fully saturated rings. The molecule has 0 unspecified atom stereocenters. The zero-order valence-electron chi connectivity index (χ0n) is 16.4. The van der Waals surface area contributed by atoms with Crippen molar-refractivity contribution in [1.82, 2.24) is 15.5 Å². The van der Waals surface area contributed by atoms with E-state index >= 15 is 0 Å². The van der Waals surface area contributed by atoms with Gasteiger partial charge in [0.2, 0.25) is 0 Å². The van der Waals surface area contributed by atoms with Crippen LogP contribution in [-0.4, -0.2) is 60.5 Å². The summed E-state index contributed by atoms with van der Waals surface area (Å²) in [6, 6.07) is 5.77. The van der Waals surface area contributed by atoms with E-state index in [1.807, 2.05) is 0 Å². The first kappa shape index (κ1) is 21.9. The Balaban J connectivity index is 1.76. The fourth-order valence-corrected chi connectivity index (χ4v) is 2.58. The topological polar surface area (TPSA) is 131 Å². The number of imide groups is 1. The summed E-state index contributed by atoms with van der Waals surface area (Å²) in [6.07, 6.45) is 0.381. The molecule has 1 aromatic rings. The summed E-state index contributed by atoms with van der Waals surface area (Å²) in [7, 11) is 1.28. The number of esters is 2. The molecule has 0 spiro atoms. The fourth-order valence-electron chi connectivity index (χ4n) is 2.58. The van der Waals surface area contributed by atoms with Crippen molar-refractivity contribution in [2.45, 2.75) is 32.4 Å². The summed E-state index contributed by atoms with van der Waals surface area (Å²) < 4.78 is 9.43. The first-order chi connectivity index (χ1) is 13.7. The maximum absolute atomic E-state index is 12.2. The number of carbonyl (C=O) groups excluding carboxylic acids is 5. The smallest absolute Gasteiger partial charge is 0.337 e. The molecule has 0 aliphatic carbocycles. The molecule has 1 aliphatic heterocycles. The van der Waals surface area contributed by atoms with Crippen LogP contribution in [0.5, 0.6) is 0 Å². The van der Waals surface area contributed by atoms with Crippen molar-refractivity contribution in [3.63, 3.8) is 0 Å². The van der Waals surface area contributed by atoms with E-state index in [2.05, 4.69) is 15.4 Å². The number of hydrogen-bond acceptors (Lipinski definition) is 7. The Hall–Kier alpha value is -3.43. The molecule has 4 amide bonds. The van der Waals surface area contributed by atoms with E-state index in [4.69, 9.17) is 4.74 Å². The minimum atomic E-state index is -1.04. The highest BCUT2D eigenvalue weighted by Crippen LogP contribution is 2.20. The molecule has 0 aromatic heterocycles. The first-order valence-corrected chi connectivity index (χ1v) is 8.94. The van der Waals surface area contributed by atoms with Crippen LogP contribution in [0.3, 0.4) is 0 Å². The van der Waals surface area contributed by atoms with Crippen LogP contribution in [0.15, 0.2) is 24.3 Å². The van der Waals surface area contributed by atoms with Gasteiger partial charge >= 0.3 is 18.0 Å². The second-order valence-corrected chi connectivity index (χ2v) is 6.63. The van der Waals surface area contributed by atoms with E-state index in [1.54, 1.807) is 38.1 Å². The Morgan fingerprint density at radius 3 is 2.38 bits per heavy atom. The van der Waals surface area contributed by atoms with Crippen molar-refractivity contribution in [2.75, 3.05) is 20.3 Å². The third-order valence-electron chi connectivity index (χ3n) is 4.57. The van der Waals surface area contributed by atoms with Crippen LogP contribution in [0.25, 0.3) is 0 Å². The van der Waals surface area contributed by atoms with Crippen LogP contribution in [0.1, 0.15) is 36.2 Å². The number of hydrogen-bond donors (Lipinski definition) is 2. The summed E-state index contributed by atoms with van der Waals surface area (Å²) in [5.41, 5.74) is 0.0738. The second kappa shape index (κ2) is 9.18. The molecular formula is C19H23N3O7. The molecule has 1 atom stereocenters. The summed E-state index contributed by atoms with van der Waals surface area (Å²) in [5, 5.41) is 5.08. The van der Waals surface area contributed by atoms with Gasteiger partial charge in [0.15, 0.2) is 6.61 Å². The molecule has 0 radical (unpaired) electrons. The normalized spacial score (nSPS) is 18.2. The number of carbonyl (C=O) groups is 5. The van der Waals surface area contributed by atoms with Crippen molar-refractivity contribution in [3.05, 3.63) is 35.4 Å². The average molecular weight is 405 g/mol. The van der Waals surface area contributed by atoms with E-state index in [0.29, 0.717) is 12.0 Å². The van der Waals surface area contributed by atoms with Gasteiger partial charge in [-0.05, 0) is 31.0 Å². The lowest BCUT2D eigenvalue weighted by Gasteiger charge is -2.18. The van der Waals surface area contributed by atoms with E-state index < -0.39 is 48.5 Å². The molecule has 156 valence electrons. The van der Waals surface area contributed by atoms with Crippen molar-refractivity contribution in [2.24, 2.45) is 0 Å². The SMILES string of the molecule is CC[C@]1(C)NC(=O)N(CC(=O)OCC(=O)NCc2ccc(C(=O)OC)cc2)C1=O. The van der Waals surface area contributed by atoms with Crippen molar-refractivity contribution in [1.29, 1.82) is 0 Å². The molecule has 1 aromatic carbocycles. The van der Waals surface area contributed by atoms with E-state index in [-0.39, 0.29) is 6.54 Å². The van der Waals surface area contributed by atoms with Crippen LogP contribution in [0.2, 0.25) is 0 Å². The molecule has 1 saturated heterocycles. The number of rotatable bonds is 8. The molecular weight excluding hydrogens is 382 g/mol. The predicted octanol–water partition coefficient (Wildman–Crippen LogP) is 0.353. The number of nitrogens with one attached hydrogen (secondary N) is 2. The van der Waals surface area contributed by atoms with Crippen molar-refractivity contribution in [3.8, 4) is 0 Å². The third-order valence-corrected chi connectivity index (χ3v) is 4.57. The number of methoxy groups -OCH3 is 1. The summed E-state index contributed by atoms with van der Waals surface area (Å²) >= 11 is 0. The number of ether oxygens (including phenoxy) is 2. The largest absolute Gasteiger partial charge is 0.465 e. The van der Waals surface area contributed by atoms with E-state index in [0.717, 1.165) is 10.5 Å². The van der Waals surface area contributed by atoms with Gasteiger partial charge < -0.3 is 20.1 Å². The standard InChI is InChI=1S/C19H23N3O7/c1-4-19(2)17(26)22(18(27)21-19)10-15(24)29-11-14(23)20-9-12-5-7-13(8-6-12)16(25)28-3/h5-8H,4,9-11H2,1-3H3,(H,20,23)(H,21,27)/t19-/m0/s1. The average Bonchev–Trinajstić information content (AvgIpc) is 2.94. The van der Waals surface area contributed by atoms with Gasteiger partial charge in [-0.15, -0.1) is 0 Å². The van der Waals surface area contributed by atoms with Gasteiger partial charge in [-0.25, -0.2) is 9.59 Å². The lowest BCUT2D eigenvalue weighted by Crippen LogP contribution is -2.43. The van der Waals surface area contributed by atoms with Gasteiger partial charge in [0.25, 0.3) is 11.8 Å². The summed E-state index contributed by atoms with van der Waals surface area (Å²) in [5.74, 6) is -2.39. The summed E-state index contributed by atoms with van der Waals surface area (Å²) in [6.45, 7) is 2.37. The van der Waals surface area contributed by atoms with Crippen molar-refractivity contribution < 1.29 is 33.4 Å². The lowest BCUT2D eigenvalue weighted by molar-refractivity contribution is -0.151.